The molecule has 2 aromatic rings. The van der Waals surface area contributed by atoms with Gasteiger partial charge in [-0.25, -0.2) is 4.79 Å². The number of rotatable bonds is 5. The van der Waals surface area contributed by atoms with Gasteiger partial charge in [-0.15, -0.1) is 0 Å². The van der Waals surface area contributed by atoms with Gasteiger partial charge in [0.25, 0.3) is 0 Å². The standard InChI is InChI=1S/C22H20N2O4/c1-3-27-22(25)19-18(14-9-11-16(26-2)12-10-14)17(13-23)20(28-21(19)24)15-7-5-4-6-8-15/h4-12,18H,3,24H2,1-2H3. The van der Waals surface area contributed by atoms with Crippen LogP contribution in [0.4, 0.5) is 0 Å². The number of hydrogen-bond acceptors (Lipinski definition) is 6. The summed E-state index contributed by atoms with van der Waals surface area (Å²) in [6, 6.07) is 18.5. The number of nitrogens with two attached hydrogens (primary N) is 1. The highest BCUT2D eigenvalue weighted by Gasteiger charge is 2.37. The molecule has 1 unspecified atom stereocenters. The molecule has 0 aromatic heterocycles. The van der Waals surface area contributed by atoms with Crippen LogP contribution < -0.4 is 10.5 Å². The average Bonchev–Trinajstić information content (AvgIpc) is 2.73. The quantitative estimate of drug-likeness (QED) is 0.803. The molecule has 0 radical (unpaired) electrons. The fraction of sp³-hybridized carbons (Fsp3) is 0.182. The maximum absolute atomic E-state index is 12.6. The van der Waals surface area contributed by atoms with Gasteiger partial charge < -0.3 is 19.9 Å². The molecule has 0 bridgehead atoms. The molecule has 6 nitrogen and oxygen atoms in total. The number of hydrogen-bond donors (Lipinski definition) is 1. The number of nitriles is 1. The Bertz CT molecular complexity index is 970. The van der Waals surface area contributed by atoms with E-state index < -0.39 is 11.9 Å². The van der Waals surface area contributed by atoms with Crippen molar-refractivity contribution in [1.29, 1.82) is 5.26 Å². The molecule has 142 valence electrons. The summed E-state index contributed by atoms with van der Waals surface area (Å²) in [5.74, 6) is -0.401. The van der Waals surface area contributed by atoms with Crippen LogP contribution in [0.15, 0.2) is 71.6 Å². The lowest BCUT2D eigenvalue weighted by molar-refractivity contribution is -0.139. The number of methoxy groups -OCH3 is 1. The van der Waals surface area contributed by atoms with E-state index in [1.54, 1.807) is 38.3 Å². The Morgan fingerprint density at radius 1 is 1.18 bits per heavy atom. The predicted molar refractivity (Wildman–Crippen MR) is 104 cm³/mol. The largest absolute Gasteiger partial charge is 0.497 e. The molecule has 2 aromatic carbocycles. The molecule has 1 atom stereocenters. The lowest BCUT2D eigenvalue weighted by Gasteiger charge is -2.28. The molecular weight excluding hydrogens is 356 g/mol. The summed E-state index contributed by atoms with van der Waals surface area (Å²) >= 11 is 0. The fourth-order valence-corrected chi connectivity index (χ4v) is 3.11. The number of ether oxygens (including phenoxy) is 3. The van der Waals surface area contributed by atoms with E-state index in [2.05, 4.69) is 6.07 Å². The molecule has 6 heteroatoms. The molecule has 1 heterocycles. The second kappa shape index (κ2) is 8.31. The summed E-state index contributed by atoms with van der Waals surface area (Å²) in [5, 5.41) is 9.94. The fourth-order valence-electron chi connectivity index (χ4n) is 3.11. The molecule has 28 heavy (non-hydrogen) atoms. The summed E-state index contributed by atoms with van der Waals surface area (Å²) < 4.78 is 16.1. The van der Waals surface area contributed by atoms with Crippen molar-refractivity contribution in [1.82, 2.24) is 0 Å². The van der Waals surface area contributed by atoms with E-state index in [1.165, 1.54) is 0 Å². The average molecular weight is 376 g/mol. The summed E-state index contributed by atoms with van der Waals surface area (Å²) in [7, 11) is 1.57. The molecule has 1 aliphatic rings. The smallest absolute Gasteiger partial charge is 0.340 e. The van der Waals surface area contributed by atoms with Crippen LogP contribution in [-0.2, 0) is 14.3 Å². The Kier molecular flexibility index (Phi) is 5.66. The number of allylic oxidation sites excluding steroid dienone is 1. The molecule has 0 fully saturated rings. The van der Waals surface area contributed by atoms with Crippen LogP contribution in [0, 0.1) is 11.3 Å². The third-order valence-corrected chi connectivity index (χ3v) is 4.40. The Morgan fingerprint density at radius 2 is 1.86 bits per heavy atom. The van der Waals surface area contributed by atoms with Crippen molar-refractivity contribution in [3.05, 3.63) is 82.8 Å². The van der Waals surface area contributed by atoms with Gasteiger partial charge in [0.05, 0.1) is 31.3 Å². The molecule has 0 saturated heterocycles. The van der Waals surface area contributed by atoms with Gasteiger partial charge in [-0.1, -0.05) is 42.5 Å². The monoisotopic (exact) mass is 376 g/mol. The minimum atomic E-state index is -0.709. The highest BCUT2D eigenvalue weighted by molar-refractivity contribution is 5.94. The number of benzene rings is 2. The third-order valence-electron chi connectivity index (χ3n) is 4.40. The van der Waals surface area contributed by atoms with Crippen LogP contribution in [0.25, 0.3) is 5.76 Å². The summed E-state index contributed by atoms with van der Waals surface area (Å²) in [6.07, 6.45) is 0. The summed E-state index contributed by atoms with van der Waals surface area (Å²) in [4.78, 5) is 12.6. The van der Waals surface area contributed by atoms with Crippen molar-refractivity contribution >= 4 is 11.7 Å². The van der Waals surface area contributed by atoms with Crippen LogP contribution in [0.5, 0.6) is 5.75 Å². The highest BCUT2D eigenvalue weighted by atomic mass is 16.5. The first-order valence-electron chi connectivity index (χ1n) is 8.79. The first-order valence-corrected chi connectivity index (χ1v) is 8.79. The van der Waals surface area contributed by atoms with Crippen molar-refractivity contribution in [2.45, 2.75) is 12.8 Å². The lowest BCUT2D eigenvalue weighted by Crippen LogP contribution is -2.26. The minimum absolute atomic E-state index is 0.0721. The van der Waals surface area contributed by atoms with E-state index in [0.29, 0.717) is 22.6 Å². The van der Waals surface area contributed by atoms with Crippen LogP contribution in [0.2, 0.25) is 0 Å². The van der Waals surface area contributed by atoms with Gasteiger partial charge in [0.2, 0.25) is 5.88 Å². The van der Waals surface area contributed by atoms with E-state index in [-0.39, 0.29) is 23.6 Å². The molecule has 2 N–H and O–H groups in total. The number of carbonyl (C=O) groups is 1. The predicted octanol–water partition coefficient (Wildman–Crippen LogP) is 3.48. The Hall–Kier alpha value is -3.72. The van der Waals surface area contributed by atoms with Crippen molar-refractivity contribution < 1.29 is 19.0 Å². The second-order valence-electron chi connectivity index (χ2n) is 6.03. The maximum atomic E-state index is 12.6. The Morgan fingerprint density at radius 3 is 2.43 bits per heavy atom. The van der Waals surface area contributed by atoms with Crippen molar-refractivity contribution in [2.75, 3.05) is 13.7 Å². The SMILES string of the molecule is CCOC(=O)C1=C(N)OC(c2ccccc2)=C(C#N)C1c1ccc(OC)cc1. The van der Waals surface area contributed by atoms with Crippen LogP contribution in [-0.4, -0.2) is 19.7 Å². The zero-order valence-corrected chi connectivity index (χ0v) is 15.6. The molecule has 0 spiro atoms. The van der Waals surface area contributed by atoms with Crippen molar-refractivity contribution in [3.63, 3.8) is 0 Å². The van der Waals surface area contributed by atoms with E-state index in [4.69, 9.17) is 19.9 Å². The Balaban J connectivity index is 2.20. The second-order valence-corrected chi connectivity index (χ2v) is 6.03. The van der Waals surface area contributed by atoms with Gasteiger partial charge in [0, 0.05) is 5.56 Å². The van der Waals surface area contributed by atoms with Crippen LogP contribution in [0.1, 0.15) is 24.0 Å². The van der Waals surface area contributed by atoms with Crippen LogP contribution in [0.3, 0.4) is 0 Å². The normalized spacial score (nSPS) is 16.2. The van der Waals surface area contributed by atoms with Crippen molar-refractivity contribution in [3.8, 4) is 11.8 Å². The zero-order valence-electron chi connectivity index (χ0n) is 15.6. The van der Waals surface area contributed by atoms with Crippen LogP contribution >= 0.6 is 0 Å². The molecular formula is C22H20N2O4. The number of carbonyl (C=O) groups excluding carboxylic acids is 1. The lowest BCUT2D eigenvalue weighted by atomic mass is 9.82. The number of nitrogens with zero attached hydrogens (tertiary/aromatic N) is 1. The van der Waals surface area contributed by atoms with E-state index >= 15 is 0 Å². The molecule has 3 rings (SSSR count). The first-order chi connectivity index (χ1) is 13.6. The molecule has 0 amide bonds. The van der Waals surface area contributed by atoms with Gasteiger partial charge in [-0.3, -0.25) is 0 Å². The summed E-state index contributed by atoms with van der Waals surface area (Å²) in [6.45, 7) is 1.89. The topological polar surface area (TPSA) is 94.6 Å². The van der Waals surface area contributed by atoms with E-state index in [0.717, 1.165) is 0 Å². The molecule has 0 saturated carbocycles. The highest BCUT2D eigenvalue weighted by Crippen LogP contribution is 2.42. The van der Waals surface area contributed by atoms with Gasteiger partial charge in [0.15, 0.2) is 5.76 Å². The first kappa shape index (κ1) is 19.1. The maximum Gasteiger partial charge on any atom is 0.340 e. The van der Waals surface area contributed by atoms with Gasteiger partial charge in [-0.2, -0.15) is 5.26 Å². The molecule has 0 aliphatic carbocycles. The number of esters is 1. The van der Waals surface area contributed by atoms with E-state index in [9.17, 15) is 10.1 Å². The van der Waals surface area contributed by atoms with E-state index in [1.807, 2.05) is 30.3 Å². The zero-order chi connectivity index (χ0) is 20.1. The van der Waals surface area contributed by atoms with Gasteiger partial charge in [-0.05, 0) is 24.6 Å². The minimum Gasteiger partial charge on any atom is -0.497 e. The third kappa shape index (κ3) is 3.55. The van der Waals surface area contributed by atoms with Gasteiger partial charge >= 0.3 is 5.97 Å². The Labute approximate surface area is 163 Å². The summed E-state index contributed by atoms with van der Waals surface area (Å²) in [5.41, 5.74) is 7.93. The van der Waals surface area contributed by atoms with Gasteiger partial charge in [0.1, 0.15) is 11.3 Å². The molecule has 1 aliphatic heterocycles. The van der Waals surface area contributed by atoms with Crippen molar-refractivity contribution in [2.24, 2.45) is 5.73 Å².